The third-order valence-corrected chi connectivity index (χ3v) is 5.03. The smallest absolute Gasteiger partial charge is 0.0724 e. The molecule has 3 heteroatoms. The molecule has 1 aliphatic heterocycles. The molecule has 3 rings (SSSR count). The van der Waals surface area contributed by atoms with E-state index in [0.29, 0.717) is 18.4 Å². The maximum absolute atomic E-state index is 10.2. The molecule has 1 saturated carbocycles. The van der Waals surface area contributed by atoms with Crippen LogP contribution >= 0.6 is 0 Å². The second-order valence-electron chi connectivity index (χ2n) is 6.74. The minimum atomic E-state index is -0.453. The Morgan fingerprint density at radius 3 is 2.82 bits per heavy atom. The molecule has 1 saturated heterocycles. The summed E-state index contributed by atoms with van der Waals surface area (Å²) in [5, 5.41) is 20.3. The fraction of sp³-hybridized carbons (Fsp3) is 0.579. The molecule has 120 valence electrons. The zero-order valence-corrected chi connectivity index (χ0v) is 13.1. The molecule has 6 atom stereocenters. The van der Waals surface area contributed by atoms with Gasteiger partial charge in [-0.25, -0.2) is 0 Å². The molecule has 1 aromatic rings. The third-order valence-electron chi connectivity index (χ3n) is 5.03. The van der Waals surface area contributed by atoms with Gasteiger partial charge in [0.25, 0.3) is 0 Å². The van der Waals surface area contributed by atoms with Crippen molar-refractivity contribution in [1.29, 1.82) is 0 Å². The van der Waals surface area contributed by atoms with E-state index in [9.17, 15) is 10.2 Å². The first-order valence-electron chi connectivity index (χ1n) is 8.37. The van der Waals surface area contributed by atoms with Gasteiger partial charge in [-0.1, -0.05) is 42.5 Å². The highest BCUT2D eigenvalue weighted by molar-refractivity contribution is 5.15. The van der Waals surface area contributed by atoms with E-state index in [1.165, 1.54) is 5.56 Å². The van der Waals surface area contributed by atoms with Gasteiger partial charge < -0.3 is 14.9 Å². The van der Waals surface area contributed by atoms with Gasteiger partial charge in [0.15, 0.2) is 0 Å². The molecule has 2 fully saturated rings. The summed E-state index contributed by atoms with van der Waals surface area (Å²) in [5.74, 6) is 0.531. The van der Waals surface area contributed by atoms with Crippen LogP contribution in [0.5, 0.6) is 0 Å². The van der Waals surface area contributed by atoms with Crippen molar-refractivity contribution in [3.8, 4) is 0 Å². The van der Waals surface area contributed by atoms with Gasteiger partial charge in [-0.05, 0) is 37.7 Å². The minimum absolute atomic E-state index is 0.126. The zero-order chi connectivity index (χ0) is 15.5. The first-order chi connectivity index (χ1) is 10.6. The largest absolute Gasteiger partial charge is 0.392 e. The second kappa shape index (κ2) is 6.95. The van der Waals surface area contributed by atoms with Gasteiger partial charge in [-0.15, -0.1) is 0 Å². The maximum atomic E-state index is 10.2. The molecule has 1 heterocycles. The SMILES string of the molecule is CC1C[C@@H]2[C@@H](/C=C/[C@@H](O)CCc3ccccc3)[C@H](O)C[C@@H]2O1. The van der Waals surface area contributed by atoms with Gasteiger partial charge >= 0.3 is 0 Å². The van der Waals surface area contributed by atoms with Crippen LogP contribution in [0.3, 0.4) is 0 Å². The van der Waals surface area contributed by atoms with Crippen molar-refractivity contribution in [3.05, 3.63) is 48.0 Å². The van der Waals surface area contributed by atoms with Crippen LogP contribution < -0.4 is 0 Å². The van der Waals surface area contributed by atoms with E-state index in [4.69, 9.17) is 4.74 Å². The molecule has 2 N–H and O–H groups in total. The number of hydrogen-bond acceptors (Lipinski definition) is 3. The van der Waals surface area contributed by atoms with Crippen molar-refractivity contribution in [2.45, 2.75) is 57.0 Å². The first kappa shape index (κ1) is 15.7. The summed E-state index contributed by atoms with van der Waals surface area (Å²) in [6.07, 6.45) is 6.90. The van der Waals surface area contributed by atoms with Gasteiger partial charge in [-0.2, -0.15) is 0 Å². The van der Waals surface area contributed by atoms with Gasteiger partial charge in [0.2, 0.25) is 0 Å². The van der Waals surface area contributed by atoms with E-state index >= 15 is 0 Å². The average Bonchev–Trinajstić information content (AvgIpc) is 2.99. The molecule has 1 aliphatic carbocycles. The summed E-state index contributed by atoms with van der Waals surface area (Å²) in [5.41, 5.74) is 1.24. The molecular formula is C19H26O3. The predicted octanol–water partition coefficient (Wildman–Crippen LogP) is 2.71. The molecule has 22 heavy (non-hydrogen) atoms. The van der Waals surface area contributed by atoms with Crippen LogP contribution in [0.25, 0.3) is 0 Å². The molecule has 0 bridgehead atoms. The van der Waals surface area contributed by atoms with Crippen molar-refractivity contribution >= 4 is 0 Å². The number of ether oxygens (including phenoxy) is 1. The van der Waals surface area contributed by atoms with Crippen LogP contribution in [-0.2, 0) is 11.2 Å². The number of benzene rings is 1. The van der Waals surface area contributed by atoms with Crippen molar-refractivity contribution in [2.24, 2.45) is 11.8 Å². The Morgan fingerprint density at radius 2 is 2.05 bits per heavy atom. The van der Waals surface area contributed by atoms with E-state index in [-0.39, 0.29) is 18.1 Å². The fourth-order valence-electron chi connectivity index (χ4n) is 3.89. The molecule has 0 aromatic heterocycles. The quantitative estimate of drug-likeness (QED) is 0.822. The Bertz CT molecular complexity index is 499. The lowest BCUT2D eigenvalue weighted by Crippen LogP contribution is -2.18. The zero-order valence-electron chi connectivity index (χ0n) is 13.1. The lowest BCUT2D eigenvalue weighted by atomic mass is 9.90. The Balaban J connectivity index is 1.52. The Labute approximate surface area is 132 Å². The molecule has 2 aliphatic rings. The monoisotopic (exact) mass is 302 g/mol. The van der Waals surface area contributed by atoms with Crippen LogP contribution in [0.15, 0.2) is 42.5 Å². The fourth-order valence-corrected chi connectivity index (χ4v) is 3.89. The van der Waals surface area contributed by atoms with Crippen molar-refractivity contribution in [3.63, 3.8) is 0 Å². The molecule has 1 aromatic carbocycles. The number of aliphatic hydroxyl groups is 2. The summed E-state index contributed by atoms with van der Waals surface area (Å²) in [6, 6.07) is 10.2. The van der Waals surface area contributed by atoms with Crippen molar-refractivity contribution < 1.29 is 14.9 Å². The van der Waals surface area contributed by atoms with E-state index in [1.807, 2.05) is 30.4 Å². The topological polar surface area (TPSA) is 49.7 Å². The van der Waals surface area contributed by atoms with E-state index < -0.39 is 6.10 Å². The van der Waals surface area contributed by atoms with Crippen LogP contribution in [0, 0.1) is 11.8 Å². The van der Waals surface area contributed by atoms with Crippen LogP contribution in [0.2, 0.25) is 0 Å². The average molecular weight is 302 g/mol. The number of fused-ring (bicyclic) bond motifs is 1. The highest BCUT2D eigenvalue weighted by atomic mass is 16.5. The van der Waals surface area contributed by atoms with Gasteiger partial charge in [0, 0.05) is 12.3 Å². The predicted molar refractivity (Wildman–Crippen MR) is 86.5 cm³/mol. The van der Waals surface area contributed by atoms with Gasteiger partial charge in [0.1, 0.15) is 0 Å². The molecule has 0 amide bonds. The highest BCUT2D eigenvalue weighted by Crippen LogP contribution is 2.43. The van der Waals surface area contributed by atoms with E-state index in [2.05, 4.69) is 19.1 Å². The Hall–Kier alpha value is -1.16. The van der Waals surface area contributed by atoms with Crippen molar-refractivity contribution in [1.82, 2.24) is 0 Å². The normalized spacial score (nSPS) is 35.9. The molecular weight excluding hydrogens is 276 g/mol. The van der Waals surface area contributed by atoms with E-state index in [0.717, 1.165) is 19.3 Å². The minimum Gasteiger partial charge on any atom is -0.392 e. The highest BCUT2D eigenvalue weighted by Gasteiger charge is 2.46. The lowest BCUT2D eigenvalue weighted by molar-refractivity contribution is 0.0372. The molecule has 3 nitrogen and oxygen atoms in total. The summed E-state index contributed by atoms with van der Waals surface area (Å²) in [7, 11) is 0. The van der Waals surface area contributed by atoms with Crippen LogP contribution in [0.1, 0.15) is 31.7 Å². The summed E-state index contributed by atoms with van der Waals surface area (Å²) < 4.78 is 5.84. The summed E-state index contributed by atoms with van der Waals surface area (Å²) in [6.45, 7) is 2.10. The Morgan fingerprint density at radius 1 is 1.27 bits per heavy atom. The number of rotatable bonds is 5. The molecule has 0 radical (unpaired) electrons. The number of aliphatic hydroxyl groups excluding tert-OH is 2. The van der Waals surface area contributed by atoms with Crippen molar-refractivity contribution in [2.75, 3.05) is 0 Å². The molecule has 0 spiro atoms. The lowest BCUT2D eigenvalue weighted by Gasteiger charge is -2.17. The number of hydrogen-bond donors (Lipinski definition) is 2. The first-order valence-corrected chi connectivity index (χ1v) is 8.37. The summed E-state index contributed by atoms with van der Waals surface area (Å²) in [4.78, 5) is 0. The maximum Gasteiger partial charge on any atom is 0.0724 e. The van der Waals surface area contributed by atoms with Crippen LogP contribution in [-0.4, -0.2) is 34.6 Å². The third kappa shape index (κ3) is 3.60. The number of aryl methyl sites for hydroxylation is 1. The standard InChI is InChI=1S/C19H26O3/c1-13-11-17-16(18(21)12-19(17)22-13)10-9-15(20)8-7-14-5-3-2-4-6-14/h2-6,9-10,13,15-21H,7-8,11-12H2,1H3/b10-9+/t13?,15-,16+,17+,18+,19-/m0/s1. The second-order valence-corrected chi connectivity index (χ2v) is 6.74. The molecule has 1 unspecified atom stereocenters. The van der Waals surface area contributed by atoms with Gasteiger partial charge in [0.05, 0.1) is 24.4 Å². The summed E-state index contributed by atoms with van der Waals surface area (Å²) >= 11 is 0. The van der Waals surface area contributed by atoms with Gasteiger partial charge in [-0.3, -0.25) is 0 Å². The van der Waals surface area contributed by atoms with Crippen LogP contribution in [0.4, 0.5) is 0 Å². The Kier molecular flexibility index (Phi) is 4.97. The van der Waals surface area contributed by atoms with E-state index in [1.54, 1.807) is 0 Å².